The number of hydrogen-bond acceptors (Lipinski definition) is 8. The van der Waals surface area contributed by atoms with Gasteiger partial charge in [0.1, 0.15) is 5.94 Å². The van der Waals surface area contributed by atoms with Crippen LogP contribution < -0.4 is 15.2 Å². The molecule has 10 heteroatoms. The number of ketones is 1. The van der Waals surface area contributed by atoms with Gasteiger partial charge in [0, 0.05) is 11.6 Å². The maximum Gasteiger partial charge on any atom is 0.341 e. The van der Waals surface area contributed by atoms with Crippen molar-refractivity contribution < 1.29 is 38.9 Å². The van der Waals surface area contributed by atoms with Gasteiger partial charge in [-0.3, -0.25) is 4.79 Å². The summed E-state index contributed by atoms with van der Waals surface area (Å²) < 4.78 is 10.2. The SMILES string of the molecule is NCC1CCC(N(C=C=O)CC(=O)c2ccc(OCC(=O)O)c(OCC(=O)O)c2)CC1. The van der Waals surface area contributed by atoms with Crippen LogP contribution in [0.1, 0.15) is 36.0 Å². The van der Waals surface area contributed by atoms with Crippen LogP contribution in [0.5, 0.6) is 11.5 Å². The maximum atomic E-state index is 12.8. The fraction of sp³-hybridized carbons (Fsp3) is 0.476. The minimum Gasteiger partial charge on any atom is -0.479 e. The van der Waals surface area contributed by atoms with Gasteiger partial charge in [-0.1, -0.05) is 0 Å². The van der Waals surface area contributed by atoms with Crippen LogP contribution in [0.15, 0.2) is 24.4 Å². The lowest BCUT2D eigenvalue weighted by atomic mass is 9.85. The number of carboxylic acids is 2. The molecule has 0 saturated heterocycles. The van der Waals surface area contributed by atoms with Gasteiger partial charge in [-0.25, -0.2) is 14.4 Å². The van der Waals surface area contributed by atoms with E-state index in [0.29, 0.717) is 12.5 Å². The number of aliphatic carboxylic acids is 2. The summed E-state index contributed by atoms with van der Waals surface area (Å²) >= 11 is 0. The monoisotopic (exact) mass is 434 g/mol. The Hall–Kier alpha value is -3.36. The quantitative estimate of drug-likeness (QED) is 0.320. The molecule has 4 N–H and O–H groups in total. The van der Waals surface area contributed by atoms with Crippen LogP contribution in [0.2, 0.25) is 0 Å². The molecule has 0 spiro atoms. The Morgan fingerprint density at radius 2 is 1.68 bits per heavy atom. The van der Waals surface area contributed by atoms with Crippen LogP contribution in [0, 0.1) is 5.92 Å². The first kappa shape index (κ1) is 23.9. The number of benzene rings is 1. The Labute approximate surface area is 179 Å². The summed E-state index contributed by atoms with van der Waals surface area (Å²) in [7, 11) is 0. The molecule has 168 valence electrons. The molecule has 1 saturated carbocycles. The maximum absolute atomic E-state index is 12.8. The predicted octanol–water partition coefficient (Wildman–Crippen LogP) is 0.961. The normalized spacial score (nSPS) is 17.8. The third-order valence-corrected chi connectivity index (χ3v) is 5.13. The Bertz CT molecular complexity index is 842. The van der Waals surface area contributed by atoms with Crippen LogP contribution in [0.4, 0.5) is 0 Å². The first-order valence-corrected chi connectivity index (χ1v) is 9.87. The fourth-order valence-corrected chi connectivity index (χ4v) is 3.51. The molecule has 1 aromatic rings. The summed E-state index contributed by atoms with van der Waals surface area (Å²) in [5, 5.41) is 17.6. The van der Waals surface area contributed by atoms with Crippen molar-refractivity contribution in [2.45, 2.75) is 31.7 Å². The second-order valence-corrected chi connectivity index (χ2v) is 7.28. The molecule has 0 radical (unpaired) electrons. The van der Waals surface area contributed by atoms with Crippen molar-refractivity contribution in [3.8, 4) is 11.5 Å². The van der Waals surface area contributed by atoms with Crippen molar-refractivity contribution >= 4 is 23.7 Å². The number of carboxylic acid groups (broad SMARTS) is 2. The molecule has 1 fully saturated rings. The minimum absolute atomic E-state index is 0.00458. The molecule has 0 atom stereocenters. The van der Waals surface area contributed by atoms with Crippen molar-refractivity contribution in [3.63, 3.8) is 0 Å². The second kappa shape index (κ2) is 11.7. The van der Waals surface area contributed by atoms with Crippen LogP contribution in [-0.4, -0.2) is 71.1 Å². The Morgan fingerprint density at radius 3 is 2.23 bits per heavy atom. The highest BCUT2D eigenvalue weighted by Crippen LogP contribution is 2.30. The third-order valence-electron chi connectivity index (χ3n) is 5.13. The topological polar surface area (TPSA) is 156 Å². The zero-order valence-electron chi connectivity index (χ0n) is 17.0. The minimum atomic E-state index is -1.24. The molecule has 10 nitrogen and oxygen atoms in total. The molecule has 31 heavy (non-hydrogen) atoms. The smallest absolute Gasteiger partial charge is 0.341 e. The van der Waals surface area contributed by atoms with Crippen molar-refractivity contribution in [2.75, 3.05) is 26.3 Å². The van der Waals surface area contributed by atoms with Gasteiger partial charge < -0.3 is 30.3 Å². The summed E-state index contributed by atoms with van der Waals surface area (Å²) in [6.07, 6.45) is 4.69. The predicted molar refractivity (Wildman–Crippen MR) is 109 cm³/mol. The van der Waals surface area contributed by atoms with Gasteiger partial charge in [-0.05, 0) is 56.3 Å². The fourth-order valence-electron chi connectivity index (χ4n) is 3.51. The summed E-state index contributed by atoms with van der Waals surface area (Å²) in [5.74, 6) is -0.652. The molecular weight excluding hydrogens is 408 g/mol. The van der Waals surface area contributed by atoms with Crippen molar-refractivity contribution in [1.82, 2.24) is 4.90 Å². The number of carbonyl (C=O) groups excluding carboxylic acids is 2. The average molecular weight is 434 g/mol. The van der Waals surface area contributed by atoms with E-state index in [4.69, 9.17) is 25.4 Å². The van der Waals surface area contributed by atoms with Crippen LogP contribution in [-0.2, 0) is 14.4 Å². The molecule has 0 unspecified atom stereocenters. The van der Waals surface area contributed by atoms with Gasteiger partial charge in [0.05, 0.1) is 12.7 Å². The Balaban J connectivity index is 2.15. The highest BCUT2D eigenvalue weighted by atomic mass is 16.5. The van der Waals surface area contributed by atoms with Gasteiger partial charge in [-0.2, -0.15) is 0 Å². The Morgan fingerprint density at radius 1 is 1.06 bits per heavy atom. The summed E-state index contributed by atoms with van der Waals surface area (Å²) in [6.45, 7) is -0.795. The molecule has 0 heterocycles. The van der Waals surface area contributed by atoms with E-state index in [2.05, 4.69) is 0 Å². The lowest BCUT2D eigenvalue weighted by Crippen LogP contribution is -2.38. The highest BCUT2D eigenvalue weighted by Gasteiger charge is 2.26. The van der Waals surface area contributed by atoms with E-state index in [9.17, 15) is 19.2 Å². The molecule has 2 rings (SSSR count). The number of rotatable bonds is 12. The highest BCUT2D eigenvalue weighted by molar-refractivity contribution is 5.98. The van der Waals surface area contributed by atoms with Gasteiger partial charge >= 0.3 is 11.9 Å². The summed E-state index contributed by atoms with van der Waals surface area (Å²) in [4.78, 5) is 47.0. The summed E-state index contributed by atoms with van der Waals surface area (Å²) in [5.41, 5.74) is 5.93. The van der Waals surface area contributed by atoms with Crippen molar-refractivity contribution in [3.05, 3.63) is 30.0 Å². The number of carbonyl (C=O) groups is 3. The summed E-state index contributed by atoms with van der Waals surface area (Å²) in [6, 6.07) is 4.10. The van der Waals surface area contributed by atoms with Gasteiger partial charge in [0.15, 0.2) is 30.5 Å². The zero-order chi connectivity index (χ0) is 22.8. The first-order chi connectivity index (χ1) is 14.8. The molecule has 0 bridgehead atoms. The molecule has 1 aliphatic rings. The van der Waals surface area contributed by atoms with E-state index in [1.807, 2.05) is 0 Å². The largest absolute Gasteiger partial charge is 0.479 e. The van der Waals surface area contributed by atoms with Gasteiger partial charge in [0.2, 0.25) is 0 Å². The number of Topliss-reactive ketones (excluding diaryl/α,β-unsaturated/α-hetero) is 1. The van der Waals surface area contributed by atoms with E-state index < -0.39 is 25.2 Å². The van der Waals surface area contributed by atoms with Crippen LogP contribution in [0.25, 0.3) is 0 Å². The van der Waals surface area contributed by atoms with Crippen molar-refractivity contribution in [1.29, 1.82) is 0 Å². The second-order valence-electron chi connectivity index (χ2n) is 7.28. The molecule has 0 aromatic heterocycles. The Kier molecular flexibility index (Phi) is 9.05. The average Bonchev–Trinajstić information content (AvgIpc) is 2.76. The molecule has 0 aliphatic heterocycles. The molecule has 1 aliphatic carbocycles. The molecule has 1 aromatic carbocycles. The van der Waals surface area contributed by atoms with Crippen molar-refractivity contribution in [2.24, 2.45) is 11.7 Å². The standard InChI is InChI=1S/C21H26N2O8/c22-10-14-1-4-16(5-2-14)23(7-8-24)11-17(25)15-3-6-18(30-12-20(26)27)19(9-15)31-13-21(28)29/h3,6-7,9,14,16H,1-2,4-5,10-13,22H2,(H,26,27)(H,28,29). The van der Waals surface area contributed by atoms with E-state index in [0.717, 1.165) is 25.7 Å². The van der Waals surface area contributed by atoms with Crippen LogP contribution >= 0.6 is 0 Å². The van der Waals surface area contributed by atoms with E-state index in [1.54, 1.807) is 10.8 Å². The van der Waals surface area contributed by atoms with Gasteiger partial charge in [0.25, 0.3) is 0 Å². The number of nitrogens with two attached hydrogens (primary N) is 1. The molecular formula is C21H26N2O8. The number of ether oxygens (including phenoxy) is 2. The zero-order valence-corrected chi connectivity index (χ0v) is 17.0. The molecule has 0 amide bonds. The number of hydrogen-bond donors (Lipinski definition) is 3. The third kappa shape index (κ3) is 7.44. The van der Waals surface area contributed by atoms with E-state index in [-0.39, 0.29) is 35.4 Å². The van der Waals surface area contributed by atoms with Gasteiger partial charge in [-0.15, -0.1) is 0 Å². The lowest BCUT2D eigenvalue weighted by Gasteiger charge is -2.35. The van der Waals surface area contributed by atoms with E-state index in [1.165, 1.54) is 24.4 Å². The lowest BCUT2D eigenvalue weighted by molar-refractivity contribution is -0.140. The van der Waals surface area contributed by atoms with E-state index >= 15 is 0 Å². The van der Waals surface area contributed by atoms with Crippen LogP contribution in [0.3, 0.4) is 0 Å². The first-order valence-electron chi connectivity index (χ1n) is 9.87. The number of nitrogens with zero attached hydrogens (tertiary/aromatic N) is 1.